The SMILES string of the molecule is C.C.C.C.C.C.C#CC.[3HH].[3H]C[3H].[3H]C[3H].[3H]C[3H].[3H][3H]. The van der Waals surface area contributed by atoms with Crippen LogP contribution in [0.2, 0.25) is 0 Å². The second-order valence-electron chi connectivity index (χ2n) is 0.289. The van der Waals surface area contributed by atoms with Crippen molar-refractivity contribution in [3.05, 3.63) is 0 Å². The first-order valence-electron chi connectivity index (χ1n) is 6.03. The van der Waals surface area contributed by atoms with Crippen LogP contribution in [0.15, 0.2) is 0 Å². The highest BCUT2D eigenvalue weighted by Gasteiger charge is 1.09. The summed E-state index contributed by atoms with van der Waals surface area (Å²) >= 11 is 0. The molecule has 0 aromatic heterocycles. The van der Waals surface area contributed by atoms with Crippen molar-refractivity contribution in [3.63, 3.8) is 0 Å². The minimum absolute atomic E-state index is 0. The van der Waals surface area contributed by atoms with E-state index < -0.39 is 0 Å². The second-order valence-corrected chi connectivity index (χ2v) is 0.289. The molecule has 0 nitrogen and oxygen atoms in total. The molecule has 0 aliphatic heterocycles. The maximum Gasteiger partial charge on any atom is 0.0194 e. The van der Waals surface area contributed by atoms with Gasteiger partial charge in [0.2, 0.25) is 0 Å². The zero-order valence-corrected chi connectivity index (χ0v) is 4.20. The summed E-state index contributed by atoms with van der Waals surface area (Å²) in [6.45, 7) is 1.65. The number of hydrogen-bond donors (Lipinski definition) is 0. The van der Waals surface area contributed by atoms with Crippen molar-refractivity contribution in [2.24, 2.45) is 0 Å². The summed E-state index contributed by atoms with van der Waals surface area (Å²) in [6, 6.07) is 0. The van der Waals surface area contributed by atoms with Gasteiger partial charge in [-0.2, -0.15) is 0 Å². The molecule has 0 bridgehead atoms. The standard InChI is InChI=1S/C3H4.9CH4.2H2/c1-3-2;;;;;;;;;;;/h1H,2H3;9*1H4;2*1H/i;3*1T2;;;;;;;1+2T;1+2. The Morgan fingerprint density at radius 2 is 1.00 bits per heavy atom. The molecule has 0 aromatic carbocycles. The molecule has 0 N–H and O–H groups in total. The monoisotopic (exact) mass is 206 g/mol. The van der Waals surface area contributed by atoms with Crippen molar-refractivity contribution in [2.45, 2.75) is 73.6 Å². The predicted octanol–water partition coefficient (Wildman–Crippen LogP) is 6.86. The molecule has 0 amide bonds. The van der Waals surface area contributed by atoms with Crippen molar-refractivity contribution < 1.29 is 12.6 Å². The van der Waals surface area contributed by atoms with Gasteiger partial charge in [-0.05, 0) is 6.92 Å². The molecule has 0 aromatic rings. The maximum absolute atomic E-state index is 5.88. The van der Waals surface area contributed by atoms with Crippen LogP contribution in [0, 0.1) is 12.3 Å². The number of terminal acetylenes is 1. The zero-order chi connectivity index (χ0) is 12.8. The van der Waals surface area contributed by atoms with Crippen LogP contribution in [0.1, 0.15) is 86.2 Å². The molecule has 92 valence electrons. The van der Waals surface area contributed by atoms with Gasteiger partial charge in [-0.3, -0.25) is 0 Å². The lowest BCUT2D eigenvalue weighted by molar-refractivity contribution is 1.94. The Morgan fingerprint density at radius 1 is 1.00 bits per heavy atom. The van der Waals surface area contributed by atoms with Gasteiger partial charge in [-0.25, -0.2) is 0 Å². The van der Waals surface area contributed by atoms with Crippen LogP contribution >= 0.6 is 0 Å². The molecule has 0 aliphatic rings. The van der Waals surface area contributed by atoms with E-state index in [1.54, 1.807) is 6.92 Å². The molecule has 0 rings (SSSR count). The van der Waals surface area contributed by atoms with E-state index in [2.05, 4.69) is 12.3 Å². The van der Waals surface area contributed by atoms with Gasteiger partial charge in [0, 0.05) is 12.6 Å². The first kappa shape index (κ1) is 17.6. The molecular formula is C12H44. The summed E-state index contributed by atoms with van der Waals surface area (Å²) in [5.41, 5.74) is 0. The molecule has 0 heterocycles. The third-order valence-corrected chi connectivity index (χ3v) is 0. The van der Waals surface area contributed by atoms with Crippen LogP contribution < -0.4 is 0 Å². The van der Waals surface area contributed by atoms with E-state index >= 15 is 0 Å². The van der Waals surface area contributed by atoms with Gasteiger partial charge in [-0.1, -0.05) is 66.7 Å². The van der Waals surface area contributed by atoms with E-state index in [9.17, 15) is 0 Å². The largest absolute Gasteiger partial charge is 0.120 e. The van der Waals surface area contributed by atoms with Crippen molar-refractivity contribution in [2.75, 3.05) is 0 Å². The van der Waals surface area contributed by atoms with Crippen LogP contribution in [0.3, 0.4) is 0 Å². The molecule has 0 radical (unpaired) electrons. The lowest BCUT2D eigenvalue weighted by atomic mass is 10.9. The highest BCUT2D eigenvalue weighted by Crippen LogP contribution is 1.21. The third-order valence-electron chi connectivity index (χ3n) is 0. The molecular weight excluding hydrogens is 144 g/mol. The Bertz CT molecular complexity index is 63.5. The molecule has 0 spiro atoms. The molecule has 0 aliphatic carbocycles. The Kier molecular flexibility index (Phi) is 4510. The molecule has 0 saturated heterocycles. The first-order valence-corrected chi connectivity index (χ1v) is 0.789. The van der Waals surface area contributed by atoms with Crippen LogP contribution in [0.4, 0.5) is 0 Å². The zero-order valence-electron chi connectivity index (χ0n) is 12.2. The first-order chi connectivity index (χ1) is 6.66. The van der Waals surface area contributed by atoms with Gasteiger partial charge >= 0.3 is 0 Å². The Hall–Kier alpha value is -0.440. The lowest BCUT2D eigenvalue weighted by Crippen LogP contribution is -1.10. The summed E-state index contributed by atoms with van der Waals surface area (Å²) in [5.74, 6) is 2.25. The van der Waals surface area contributed by atoms with Crippen LogP contribution in [0.5, 0.6) is 0 Å². The number of hydrogen-bond acceptors (Lipinski definition) is 0. The highest BCUT2D eigenvalue weighted by molar-refractivity contribution is 4.73. The quantitative estimate of drug-likeness (QED) is 0.380. The summed E-state index contributed by atoms with van der Waals surface area (Å²) in [7, 11) is -0.750. The average molecular weight is 207 g/mol. The molecule has 12 heavy (non-hydrogen) atoms. The third kappa shape index (κ3) is 3620. The van der Waals surface area contributed by atoms with Crippen molar-refractivity contribution in [3.8, 4) is 12.3 Å². The van der Waals surface area contributed by atoms with Gasteiger partial charge in [0.15, 0.2) is 0 Å². The predicted molar refractivity (Wildman–Crippen MR) is 79.3 cm³/mol. The Morgan fingerprint density at radius 3 is 1.00 bits per heavy atom. The molecule has 0 heteroatoms. The van der Waals surface area contributed by atoms with E-state index in [4.69, 9.17) is 11.2 Å². The summed E-state index contributed by atoms with van der Waals surface area (Å²) in [4.78, 5) is 0. The van der Waals surface area contributed by atoms with Crippen LogP contribution in [0.25, 0.3) is 0 Å². The Balaban J connectivity index is -0.00000000447. The normalized spacial score (nSPS) is 6.33. The smallest absolute Gasteiger partial charge is 0.0194 e. The van der Waals surface area contributed by atoms with Gasteiger partial charge in [0.25, 0.3) is 0 Å². The Labute approximate surface area is 99.8 Å². The fraction of sp³-hybridized carbons (Fsp3) is 0.833. The molecule has 0 atom stereocenters. The fourth-order valence-corrected chi connectivity index (χ4v) is 0. The summed E-state index contributed by atoms with van der Waals surface area (Å²) in [6.07, 6.45) is 4.60. The minimum atomic E-state index is -0.250. The van der Waals surface area contributed by atoms with E-state index in [0.717, 1.165) is 0 Å². The van der Waals surface area contributed by atoms with Gasteiger partial charge in [-0.15, -0.1) is 12.3 Å². The maximum atomic E-state index is 5.88. The molecule has 0 unspecified atom stereocenters. The summed E-state index contributed by atoms with van der Waals surface area (Å²) in [5, 5.41) is 0. The van der Waals surface area contributed by atoms with Gasteiger partial charge in [0.05, 0.1) is 0 Å². The topological polar surface area (TPSA) is 0 Å². The average Bonchev–Trinajstić information content (AvgIpc) is 2.12. The van der Waals surface area contributed by atoms with Crippen molar-refractivity contribution in [1.82, 2.24) is 0 Å². The molecule has 0 fully saturated rings. The van der Waals surface area contributed by atoms with E-state index in [1.165, 1.54) is 0 Å². The molecule has 0 saturated carbocycles. The van der Waals surface area contributed by atoms with E-state index in [0.29, 0.717) is 0 Å². The van der Waals surface area contributed by atoms with Gasteiger partial charge < -0.3 is 0 Å². The summed E-state index contributed by atoms with van der Waals surface area (Å²) < 4.78 is 45.2. The van der Waals surface area contributed by atoms with Crippen molar-refractivity contribution >= 4 is 0 Å². The van der Waals surface area contributed by atoms with Gasteiger partial charge in [0.1, 0.15) is 0 Å². The van der Waals surface area contributed by atoms with E-state index in [1.807, 2.05) is 0 Å². The number of rotatable bonds is 0. The second kappa shape index (κ2) is 3080. The van der Waals surface area contributed by atoms with Crippen molar-refractivity contribution in [1.29, 1.82) is 0 Å². The van der Waals surface area contributed by atoms with E-state index in [-0.39, 0.29) is 68.1 Å². The highest BCUT2D eigenvalue weighted by atomic mass is 13.2. The van der Waals surface area contributed by atoms with Crippen LogP contribution in [-0.2, 0) is 0 Å². The van der Waals surface area contributed by atoms with Crippen LogP contribution in [-0.4, -0.2) is 0 Å². The fourth-order valence-electron chi connectivity index (χ4n) is 0. The lowest BCUT2D eigenvalue weighted by Gasteiger charge is -1.23. The minimum Gasteiger partial charge on any atom is -0.120 e.